The molecule has 2 nitrogen and oxygen atoms in total. The lowest BCUT2D eigenvalue weighted by molar-refractivity contribution is -0.156. The Labute approximate surface area is 54.5 Å². The van der Waals surface area contributed by atoms with E-state index in [0.717, 1.165) is 5.12 Å². The van der Waals surface area contributed by atoms with Crippen molar-refractivity contribution in [2.75, 3.05) is 13.1 Å². The lowest BCUT2D eigenvalue weighted by Crippen LogP contribution is -2.48. The fraction of sp³-hybridized carbons (Fsp3) is 1.00. The number of nitrogens with zero attached hydrogens (tertiary/aromatic N) is 1. The number of hydrogen-bond acceptors (Lipinski definition) is 2. The Morgan fingerprint density at radius 2 is 2.11 bits per heavy atom. The van der Waals surface area contributed by atoms with Crippen LogP contribution >= 0.6 is 0 Å². The highest BCUT2D eigenvalue weighted by molar-refractivity contribution is 4.74. The van der Waals surface area contributed by atoms with Gasteiger partial charge < -0.3 is 4.74 Å². The average molecular weight is 133 g/mol. The molecule has 0 N–H and O–H groups in total. The van der Waals surface area contributed by atoms with Gasteiger partial charge in [-0.05, 0) is 13.8 Å². The van der Waals surface area contributed by atoms with Gasteiger partial charge in [-0.3, -0.25) is 0 Å². The molecule has 1 saturated heterocycles. The molecule has 1 rings (SSSR count). The van der Waals surface area contributed by atoms with Crippen molar-refractivity contribution in [3.63, 3.8) is 0 Å². The Hall–Kier alpha value is -0.150. The van der Waals surface area contributed by atoms with Crippen LogP contribution in [0, 0.1) is 0 Å². The molecule has 0 aromatic heterocycles. The largest absolute Gasteiger partial charge is 0.373 e. The van der Waals surface area contributed by atoms with Crippen molar-refractivity contribution in [3.8, 4) is 0 Å². The molecule has 0 unspecified atom stereocenters. The summed E-state index contributed by atoms with van der Waals surface area (Å²) in [6.45, 7) is 4.80. The predicted molar refractivity (Wildman–Crippen MR) is 32.7 cm³/mol. The van der Waals surface area contributed by atoms with Crippen molar-refractivity contribution >= 4 is 0 Å². The summed E-state index contributed by atoms with van der Waals surface area (Å²) >= 11 is 0. The third-order valence-corrected chi connectivity index (χ3v) is 1.27. The molecule has 1 aliphatic heterocycles. The second-order valence-electron chi connectivity index (χ2n) is 2.63. The monoisotopic (exact) mass is 133 g/mol. The number of ether oxygens (including phenoxy) is 1. The van der Waals surface area contributed by atoms with E-state index in [2.05, 4.69) is 0 Å². The van der Waals surface area contributed by atoms with Crippen LogP contribution in [0.4, 0.5) is 4.48 Å². The molecular formula is C6H12FNO. The molecule has 0 radical (unpaired) electrons. The van der Waals surface area contributed by atoms with Crippen molar-refractivity contribution in [2.45, 2.75) is 26.1 Å². The average Bonchev–Trinajstić information content (AvgIpc) is 1.60. The van der Waals surface area contributed by atoms with Gasteiger partial charge in [-0.1, -0.05) is 0 Å². The summed E-state index contributed by atoms with van der Waals surface area (Å²) in [5.41, 5.74) is 0. The molecule has 9 heavy (non-hydrogen) atoms. The Balaban J connectivity index is 2.04. The van der Waals surface area contributed by atoms with Crippen LogP contribution in [0.15, 0.2) is 0 Å². The molecule has 0 saturated carbocycles. The zero-order chi connectivity index (χ0) is 6.85. The number of hydrogen-bond donors (Lipinski definition) is 0. The summed E-state index contributed by atoms with van der Waals surface area (Å²) in [7, 11) is 0. The Kier molecular flexibility index (Phi) is 2.03. The van der Waals surface area contributed by atoms with E-state index < -0.39 is 0 Å². The third kappa shape index (κ3) is 1.91. The van der Waals surface area contributed by atoms with Crippen molar-refractivity contribution in [1.82, 2.24) is 5.12 Å². The lowest BCUT2D eigenvalue weighted by Gasteiger charge is -2.32. The fourth-order valence-electron chi connectivity index (χ4n) is 0.859. The Bertz CT molecular complexity index is 91.1. The quantitative estimate of drug-likeness (QED) is 0.521. The topological polar surface area (TPSA) is 12.5 Å². The standard InChI is InChI=1S/C6H12FNO/c1-5(2)9-6-3-8(7)4-6/h5-6H,3-4H2,1-2H3. The molecule has 1 heterocycles. The molecule has 54 valence electrons. The normalized spacial score (nSPS) is 22.7. The summed E-state index contributed by atoms with van der Waals surface area (Å²) in [6, 6.07) is 0. The maximum Gasteiger partial charge on any atom is 0.0884 e. The molecule has 0 aromatic rings. The van der Waals surface area contributed by atoms with Crippen LogP contribution < -0.4 is 0 Å². The van der Waals surface area contributed by atoms with Gasteiger partial charge in [0.15, 0.2) is 0 Å². The van der Waals surface area contributed by atoms with E-state index in [1.807, 2.05) is 13.8 Å². The molecule has 0 bridgehead atoms. The first-order chi connectivity index (χ1) is 4.18. The van der Waals surface area contributed by atoms with E-state index in [1.165, 1.54) is 0 Å². The van der Waals surface area contributed by atoms with Gasteiger partial charge in [-0.15, -0.1) is 9.60 Å². The van der Waals surface area contributed by atoms with E-state index in [4.69, 9.17) is 4.74 Å². The fourth-order valence-corrected chi connectivity index (χ4v) is 0.859. The van der Waals surface area contributed by atoms with Gasteiger partial charge in [0, 0.05) is 0 Å². The predicted octanol–water partition coefficient (Wildman–Crippen LogP) is 0.980. The van der Waals surface area contributed by atoms with E-state index in [1.54, 1.807) is 0 Å². The SMILES string of the molecule is CC(C)OC1CN(F)C1. The highest BCUT2D eigenvalue weighted by Crippen LogP contribution is 2.12. The van der Waals surface area contributed by atoms with Gasteiger partial charge in [0.1, 0.15) is 0 Å². The van der Waals surface area contributed by atoms with E-state index in [-0.39, 0.29) is 12.2 Å². The number of rotatable bonds is 2. The number of halogens is 1. The highest BCUT2D eigenvalue weighted by Gasteiger charge is 2.27. The summed E-state index contributed by atoms with van der Waals surface area (Å²) in [5.74, 6) is 0. The van der Waals surface area contributed by atoms with Crippen LogP contribution in [-0.2, 0) is 4.74 Å². The molecule has 1 aliphatic rings. The van der Waals surface area contributed by atoms with E-state index in [9.17, 15) is 4.48 Å². The Morgan fingerprint density at radius 3 is 2.44 bits per heavy atom. The molecule has 0 aromatic carbocycles. The second-order valence-corrected chi connectivity index (χ2v) is 2.63. The Morgan fingerprint density at radius 1 is 1.56 bits per heavy atom. The van der Waals surface area contributed by atoms with Crippen LogP contribution in [0.2, 0.25) is 0 Å². The maximum absolute atomic E-state index is 12.0. The molecule has 0 spiro atoms. The van der Waals surface area contributed by atoms with Crippen molar-refractivity contribution in [2.24, 2.45) is 0 Å². The van der Waals surface area contributed by atoms with Gasteiger partial charge in [-0.25, -0.2) is 0 Å². The van der Waals surface area contributed by atoms with Crippen LogP contribution in [0.3, 0.4) is 0 Å². The molecule has 3 heteroatoms. The molecule has 0 aliphatic carbocycles. The van der Waals surface area contributed by atoms with E-state index in [0.29, 0.717) is 13.1 Å². The van der Waals surface area contributed by atoms with Gasteiger partial charge in [0.05, 0.1) is 25.3 Å². The first-order valence-corrected chi connectivity index (χ1v) is 3.24. The lowest BCUT2D eigenvalue weighted by atomic mass is 10.2. The summed E-state index contributed by atoms with van der Waals surface area (Å²) in [6.07, 6.45) is 0.360. The van der Waals surface area contributed by atoms with Gasteiger partial charge >= 0.3 is 0 Å². The van der Waals surface area contributed by atoms with Crippen LogP contribution in [-0.4, -0.2) is 30.4 Å². The van der Waals surface area contributed by atoms with Crippen LogP contribution in [0.1, 0.15) is 13.8 Å². The minimum absolute atomic E-state index is 0.134. The van der Waals surface area contributed by atoms with Gasteiger partial charge in [-0.2, -0.15) is 0 Å². The summed E-state index contributed by atoms with van der Waals surface area (Å²) in [4.78, 5) is 0. The van der Waals surface area contributed by atoms with Crippen LogP contribution in [0.25, 0.3) is 0 Å². The molecular weight excluding hydrogens is 121 g/mol. The maximum atomic E-state index is 12.0. The first-order valence-electron chi connectivity index (χ1n) is 3.24. The molecule has 0 atom stereocenters. The zero-order valence-electron chi connectivity index (χ0n) is 5.80. The smallest absolute Gasteiger partial charge is 0.0884 e. The summed E-state index contributed by atoms with van der Waals surface area (Å²) < 4.78 is 17.2. The first kappa shape index (κ1) is 6.96. The van der Waals surface area contributed by atoms with Gasteiger partial charge in [0.25, 0.3) is 0 Å². The summed E-state index contributed by atoms with van der Waals surface area (Å²) in [5, 5.41) is 0.757. The van der Waals surface area contributed by atoms with Gasteiger partial charge in [0.2, 0.25) is 0 Å². The van der Waals surface area contributed by atoms with Crippen LogP contribution in [0.5, 0.6) is 0 Å². The minimum atomic E-state index is 0.134. The van der Waals surface area contributed by atoms with Crippen molar-refractivity contribution in [3.05, 3.63) is 0 Å². The van der Waals surface area contributed by atoms with Crippen molar-refractivity contribution in [1.29, 1.82) is 0 Å². The minimum Gasteiger partial charge on any atom is -0.373 e. The highest BCUT2D eigenvalue weighted by atomic mass is 19.2. The van der Waals surface area contributed by atoms with Crippen molar-refractivity contribution < 1.29 is 9.22 Å². The zero-order valence-corrected chi connectivity index (χ0v) is 5.80. The second kappa shape index (κ2) is 2.62. The molecule has 0 amide bonds. The third-order valence-electron chi connectivity index (χ3n) is 1.27. The molecule has 1 fully saturated rings. The van der Waals surface area contributed by atoms with E-state index >= 15 is 0 Å².